The van der Waals surface area contributed by atoms with E-state index in [4.69, 9.17) is 4.42 Å². The van der Waals surface area contributed by atoms with Crippen LogP contribution in [0, 0.1) is 6.92 Å². The molecule has 0 aliphatic rings. The van der Waals surface area contributed by atoms with Crippen molar-refractivity contribution in [3.05, 3.63) is 77.7 Å². The quantitative estimate of drug-likeness (QED) is 0.718. The summed E-state index contributed by atoms with van der Waals surface area (Å²) in [7, 11) is 0. The summed E-state index contributed by atoms with van der Waals surface area (Å²) in [5.74, 6) is 0.286. The number of carbonyl (C=O) groups is 2. The number of oxazole rings is 1. The second kappa shape index (κ2) is 7.44. The van der Waals surface area contributed by atoms with Gasteiger partial charge in [-0.15, -0.1) is 0 Å². The van der Waals surface area contributed by atoms with Gasteiger partial charge in [-0.05, 0) is 31.2 Å². The van der Waals surface area contributed by atoms with Gasteiger partial charge < -0.3 is 4.42 Å². The molecular formula is C19H17N3O3. The van der Waals surface area contributed by atoms with Gasteiger partial charge in [-0.3, -0.25) is 20.4 Å². The molecule has 1 heterocycles. The molecule has 2 amide bonds. The topological polar surface area (TPSA) is 84.2 Å². The highest BCUT2D eigenvalue weighted by atomic mass is 16.4. The normalized spacial score (nSPS) is 10.3. The van der Waals surface area contributed by atoms with E-state index in [-0.39, 0.29) is 18.2 Å². The summed E-state index contributed by atoms with van der Waals surface area (Å²) in [6.45, 7) is 1.75. The number of carbonyl (C=O) groups excluding carboxylic acids is 2. The van der Waals surface area contributed by atoms with Crippen LogP contribution in [0.25, 0.3) is 11.5 Å². The van der Waals surface area contributed by atoms with Gasteiger partial charge in [0.1, 0.15) is 5.76 Å². The van der Waals surface area contributed by atoms with Gasteiger partial charge >= 0.3 is 0 Å². The molecule has 1 aromatic heterocycles. The third kappa shape index (κ3) is 4.11. The molecule has 6 heteroatoms. The summed E-state index contributed by atoms with van der Waals surface area (Å²) in [6, 6.07) is 18.1. The van der Waals surface area contributed by atoms with E-state index in [9.17, 15) is 9.59 Å². The van der Waals surface area contributed by atoms with Crippen molar-refractivity contribution in [2.24, 2.45) is 0 Å². The van der Waals surface area contributed by atoms with Gasteiger partial charge in [0.05, 0.1) is 12.1 Å². The zero-order chi connectivity index (χ0) is 17.6. The third-order valence-electron chi connectivity index (χ3n) is 3.59. The van der Waals surface area contributed by atoms with E-state index in [1.165, 1.54) is 0 Å². The van der Waals surface area contributed by atoms with Crippen LogP contribution < -0.4 is 10.9 Å². The van der Waals surface area contributed by atoms with Crippen molar-refractivity contribution in [2.45, 2.75) is 13.3 Å². The maximum Gasteiger partial charge on any atom is 0.269 e. The minimum Gasteiger partial charge on any atom is -0.441 e. The molecule has 0 saturated heterocycles. The standard InChI is InChI=1S/C19H17N3O3/c1-13-16(20-19(25-13)15-10-6-3-7-11-15)12-17(23)21-22-18(24)14-8-4-2-5-9-14/h2-11H,12H2,1H3,(H,21,23)(H,22,24). The van der Waals surface area contributed by atoms with Crippen LogP contribution in [0.5, 0.6) is 0 Å². The number of rotatable bonds is 4. The maximum absolute atomic E-state index is 12.0. The van der Waals surface area contributed by atoms with Gasteiger partial charge in [-0.1, -0.05) is 36.4 Å². The molecule has 0 radical (unpaired) electrons. The Morgan fingerprint density at radius 3 is 2.28 bits per heavy atom. The number of aryl methyl sites for hydroxylation is 1. The van der Waals surface area contributed by atoms with E-state index in [1.54, 1.807) is 31.2 Å². The first-order valence-electron chi connectivity index (χ1n) is 7.79. The summed E-state index contributed by atoms with van der Waals surface area (Å²) in [5.41, 5.74) is 6.61. The number of aromatic nitrogens is 1. The van der Waals surface area contributed by atoms with Gasteiger partial charge in [0, 0.05) is 11.1 Å². The average Bonchev–Trinajstić information content (AvgIpc) is 3.01. The predicted molar refractivity (Wildman–Crippen MR) is 92.4 cm³/mol. The van der Waals surface area contributed by atoms with Crippen molar-refractivity contribution < 1.29 is 14.0 Å². The van der Waals surface area contributed by atoms with Gasteiger partial charge in [-0.25, -0.2) is 4.98 Å². The second-order valence-electron chi connectivity index (χ2n) is 5.43. The highest BCUT2D eigenvalue weighted by Gasteiger charge is 2.15. The summed E-state index contributed by atoms with van der Waals surface area (Å²) < 4.78 is 5.62. The Bertz CT molecular complexity index is 873. The van der Waals surface area contributed by atoms with Crippen LogP contribution in [0.4, 0.5) is 0 Å². The van der Waals surface area contributed by atoms with Crippen LogP contribution in [0.3, 0.4) is 0 Å². The molecule has 0 spiro atoms. The van der Waals surface area contributed by atoms with E-state index in [1.807, 2.05) is 36.4 Å². The van der Waals surface area contributed by atoms with E-state index in [0.717, 1.165) is 5.56 Å². The van der Waals surface area contributed by atoms with Crippen molar-refractivity contribution in [1.82, 2.24) is 15.8 Å². The highest BCUT2D eigenvalue weighted by molar-refractivity contribution is 5.95. The number of benzene rings is 2. The molecular weight excluding hydrogens is 318 g/mol. The number of hydrogen-bond acceptors (Lipinski definition) is 4. The van der Waals surface area contributed by atoms with Crippen molar-refractivity contribution >= 4 is 11.8 Å². The number of amides is 2. The Hall–Kier alpha value is -3.41. The Kier molecular flexibility index (Phi) is 4.89. The molecule has 0 unspecified atom stereocenters. The Morgan fingerprint density at radius 1 is 0.960 bits per heavy atom. The Labute approximate surface area is 144 Å². The second-order valence-corrected chi connectivity index (χ2v) is 5.43. The zero-order valence-electron chi connectivity index (χ0n) is 13.7. The third-order valence-corrected chi connectivity index (χ3v) is 3.59. The molecule has 126 valence electrons. The molecule has 0 saturated carbocycles. The van der Waals surface area contributed by atoms with Gasteiger partial charge in [-0.2, -0.15) is 0 Å². The Morgan fingerprint density at radius 2 is 1.60 bits per heavy atom. The molecule has 0 bridgehead atoms. The summed E-state index contributed by atoms with van der Waals surface area (Å²) in [6.07, 6.45) is 0.0111. The van der Waals surface area contributed by atoms with Crippen LogP contribution in [0.15, 0.2) is 65.1 Å². The van der Waals surface area contributed by atoms with Crippen LogP contribution in [-0.2, 0) is 11.2 Å². The van der Waals surface area contributed by atoms with E-state index in [0.29, 0.717) is 22.9 Å². The molecule has 3 aromatic rings. The first-order valence-corrected chi connectivity index (χ1v) is 7.79. The molecule has 2 aromatic carbocycles. The van der Waals surface area contributed by atoms with Gasteiger partial charge in [0.2, 0.25) is 11.8 Å². The smallest absolute Gasteiger partial charge is 0.269 e. The predicted octanol–water partition coefficient (Wildman–Crippen LogP) is 2.65. The van der Waals surface area contributed by atoms with Crippen LogP contribution >= 0.6 is 0 Å². The van der Waals surface area contributed by atoms with Crippen LogP contribution in [0.2, 0.25) is 0 Å². The zero-order valence-corrected chi connectivity index (χ0v) is 13.7. The van der Waals surface area contributed by atoms with Crippen molar-refractivity contribution in [3.8, 4) is 11.5 Å². The fraction of sp³-hybridized carbons (Fsp3) is 0.105. The average molecular weight is 335 g/mol. The molecule has 0 aliphatic heterocycles. The largest absolute Gasteiger partial charge is 0.441 e. The number of nitrogens with one attached hydrogen (secondary N) is 2. The molecule has 25 heavy (non-hydrogen) atoms. The molecule has 2 N–H and O–H groups in total. The summed E-state index contributed by atoms with van der Waals surface area (Å²) in [5, 5.41) is 0. The van der Waals surface area contributed by atoms with E-state index in [2.05, 4.69) is 15.8 Å². The van der Waals surface area contributed by atoms with Crippen molar-refractivity contribution in [3.63, 3.8) is 0 Å². The first kappa shape index (κ1) is 16.4. The van der Waals surface area contributed by atoms with Crippen LogP contribution in [-0.4, -0.2) is 16.8 Å². The highest BCUT2D eigenvalue weighted by Crippen LogP contribution is 2.21. The van der Waals surface area contributed by atoms with Gasteiger partial charge in [0.15, 0.2) is 0 Å². The lowest BCUT2D eigenvalue weighted by atomic mass is 10.2. The maximum atomic E-state index is 12.0. The van der Waals surface area contributed by atoms with Gasteiger partial charge in [0.25, 0.3) is 5.91 Å². The fourth-order valence-corrected chi connectivity index (χ4v) is 2.28. The summed E-state index contributed by atoms with van der Waals surface area (Å²) >= 11 is 0. The number of nitrogens with zero attached hydrogens (tertiary/aromatic N) is 1. The lowest BCUT2D eigenvalue weighted by Crippen LogP contribution is -2.42. The van der Waals surface area contributed by atoms with Crippen molar-refractivity contribution in [1.29, 1.82) is 0 Å². The minimum atomic E-state index is -0.379. The lowest BCUT2D eigenvalue weighted by molar-refractivity contribution is -0.121. The molecule has 0 fully saturated rings. The van der Waals surface area contributed by atoms with E-state index < -0.39 is 0 Å². The van der Waals surface area contributed by atoms with Crippen LogP contribution in [0.1, 0.15) is 21.8 Å². The molecule has 0 atom stereocenters. The monoisotopic (exact) mass is 335 g/mol. The molecule has 0 aliphatic carbocycles. The van der Waals surface area contributed by atoms with E-state index >= 15 is 0 Å². The molecule has 3 rings (SSSR count). The molecule has 6 nitrogen and oxygen atoms in total. The first-order chi connectivity index (χ1) is 12.1. The lowest BCUT2D eigenvalue weighted by Gasteiger charge is -2.06. The number of hydrogen-bond donors (Lipinski definition) is 2. The summed E-state index contributed by atoms with van der Waals surface area (Å²) in [4.78, 5) is 28.3. The SMILES string of the molecule is Cc1oc(-c2ccccc2)nc1CC(=O)NNC(=O)c1ccccc1. The number of hydrazine groups is 1. The Balaban J connectivity index is 1.60. The fourth-order valence-electron chi connectivity index (χ4n) is 2.28. The minimum absolute atomic E-state index is 0.0111. The van der Waals surface area contributed by atoms with Crippen molar-refractivity contribution in [2.75, 3.05) is 0 Å².